The fraction of sp³-hybridized carbons (Fsp3) is 0.625. The number of anilines is 1. The van der Waals surface area contributed by atoms with Gasteiger partial charge in [-0.3, -0.25) is 0 Å². The SMILES string of the molecule is Cc1ccc(N2CCCC2)c(C2(C)CCCN2)c1. The summed E-state index contributed by atoms with van der Waals surface area (Å²) in [6, 6.07) is 6.99. The molecule has 1 N–H and O–H groups in total. The normalized spacial score (nSPS) is 28.0. The highest BCUT2D eigenvalue weighted by Gasteiger charge is 2.33. The lowest BCUT2D eigenvalue weighted by Gasteiger charge is -2.32. The standard InChI is InChI=1S/C16H24N2/c1-13-6-7-15(18-10-3-4-11-18)14(12-13)16(2)8-5-9-17-16/h6-7,12,17H,3-5,8-11H2,1-2H3. The van der Waals surface area contributed by atoms with E-state index in [1.807, 2.05) is 0 Å². The Morgan fingerprint density at radius 2 is 1.94 bits per heavy atom. The number of hydrogen-bond donors (Lipinski definition) is 1. The van der Waals surface area contributed by atoms with Gasteiger partial charge in [0.1, 0.15) is 0 Å². The molecule has 1 aromatic carbocycles. The molecule has 1 atom stereocenters. The second-order valence-corrected chi connectivity index (χ2v) is 6.08. The van der Waals surface area contributed by atoms with Crippen molar-refractivity contribution >= 4 is 5.69 Å². The predicted octanol–water partition coefficient (Wildman–Crippen LogP) is 3.19. The molecular weight excluding hydrogens is 220 g/mol. The van der Waals surface area contributed by atoms with Gasteiger partial charge in [0.15, 0.2) is 0 Å². The molecule has 0 saturated carbocycles. The number of hydrogen-bond acceptors (Lipinski definition) is 2. The van der Waals surface area contributed by atoms with Crippen LogP contribution in [0.1, 0.15) is 43.7 Å². The van der Waals surface area contributed by atoms with Crippen molar-refractivity contribution < 1.29 is 0 Å². The molecule has 98 valence electrons. The average molecular weight is 244 g/mol. The Bertz CT molecular complexity index is 427. The molecule has 2 heterocycles. The fourth-order valence-electron chi connectivity index (χ4n) is 3.45. The molecule has 0 radical (unpaired) electrons. The van der Waals surface area contributed by atoms with Crippen molar-refractivity contribution in [2.24, 2.45) is 0 Å². The monoisotopic (exact) mass is 244 g/mol. The van der Waals surface area contributed by atoms with Crippen LogP contribution in [0, 0.1) is 6.92 Å². The van der Waals surface area contributed by atoms with Crippen molar-refractivity contribution in [3.05, 3.63) is 29.3 Å². The van der Waals surface area contributed by atoms with Crippen LogP contribution in [-0.2, 0) is 5.54 Å². The Morgan fingerprint density at radius 1 is 1.17 bits per heavy atom. The van der Waals surface area contributed by atoms with Gasteiger partial charge in [-0.15, -0.1) is 0 Å². The van der Waals surface area contributed by atoms with Crippen LogP contribution < -0.4 is 10.2 Å². The maximum atomic E-state index is 3.71. The van der Waals surface area contributed by atoms with E-state index in [9.17, 15) is 0 Å². The lowest BCUT2D eigenvalue weighted by Crippen LogP contribution is -2.35. The number of nitrogens with one attached hydrogen (secondary N) is 1. The van der Waals surface area contributed by atoms with E-state index in [1.165, 1.54) is 55.6 Å². The van der Waals surface area contributed by atoms with Crippen molar-refractivity contribution in [3.63, 3.8) is 0 Å². The molecule has 1 aromatic rings. The molecule has 2 aliphatic rings. The second kappa shape index (κ2) is 4.58. The first-order valence-corrected chi connectivity index (χ1v) is 7.30. The first-order valence-electron chi connectivity index (χ1n) is 7.30. The highest BCUT2D eigenvalue weighted by atomic mass is 15.2. The maximum absolute atomic E-state index is 3.71. The molecule has 0 aliphatic carbocycles. The molecule has 2 heteroatoms. The van der Waals surface area contributed by atoms with E-state index >= 15 is 0 Å². The maximum Gasteiger partial charge on any atom is 0.0427 e. The Morgan fingerprint density at radius 3 is 2.61 bits per heavy atom. The van der Waals surface area contributed by atoms with E-state index < -0.39 is 0 Å². The van der Waals surface area contributed by atoms with Crippen LogP contribution in [0.5, 0.6) is 0 Å². The molecule has 18 heavy (non-hydrogen) atoms. The van der Waals surface area contributed by atoms with E-state index in [0.717, 1.165) is 6.54 Å². The van der Waals surface area contributed by atoms with Gasteiger partial charge in [0, 0.05) is 24.3 Å². The van der Waals surface area contributed by atoms with Gasteiger partial charge in [-0.2, -0.15) is 0 Å². The van der Waals surface area contributed by atoms with Crippen molar-refractivity contribution in [1.82, 2.24) is 5.32 Å². The first-order chi connectivity index (χ1) is 8.69. The predicted molar refractivity (Wildman–Crippen MR) is 77.2 cm³/mol. The fourth-order valence-corrected chi connectivity index (χ4v) is 3.45. The van der Waals surface area contributed by atoms with Gasteiger partial charge in [0.25, 0.3) is 0 Å². The van der Waals surface area contributed by atoms with Gasteiger partial charge < -0.3 is 10.2 Å². The summed E-state index contributed by atoms with van der Waals surface area (Å²) in [5.74, 6) is 0. The van der Waals surface area contributed by atoms with E-state index in [4.69, 9.17) is 0 Å². The zero-order valence-corrected chi connectivity index (χ0v) is 11.6. The molecule has 2 saturated heterocycles. The summed E-state index contributed by atoms with van der Waals surface area (Å²) < 4.78 is 0. The van der Waals surface area contributed by atoms with Crippen molar-refractivity contribution in [2.45, 2.75) is 45.1 Å². The lowest BCUT2D eigenvalue weighted by molar-refractivity contribution is 0.434. The van der Waals surface area contributed by atoms with Crippen molar-refractivity contribution in [2.75, 3.05) is 24.5 Å². The number of rotatable bonds is 2. The highest BCUT2D eigenvalue weighted by molar-refractivity contribution is 5.58. The largest absolute Gasteiger partial charge is 0.371 e. The number of benzene rings is 1. The zero-order valence-electron chi connectivity index (χ0n) is 11.6. The van der Waals surface area contributed by atoms with Gasteiger partial charge >= 0.3 is 0 Å². The summed E-state index contributed by atoms with van der Waals surface area (Å²) in [4.78, 5) is 2.57. The van der Waals surface area contributed by atoms with Crippen molar-refractivity contribution in [1.29, 1.82) is 0 Å². The molecule has 0 aromatic heterocycles. The van der Waals surface area contributed by atoms with Crippen molar-refractivity contribution in [3.8, 4) is 0 Å². The van der Waals surface area contributed by atoms with Gasteiger partial charge in [-0.25, -0.2) is 0 Å². The van der Waals surface area contributed by atoms with Crippen LogP contribution in [0.3, 0.4) is 0 Å². The van der Waals surface area contributed by atoms with Crippen LogP contribution in [0.25, 0.3) is 0 Å². The third-order valence-electron chi connectivity index (χ3n) is 4.56. The minimum atomic E-state index is 0.184. The third kappa shape index (κ3) is 2.03. The zero-order chi connectivity index (χ0) is 12.6. The highest BCUT2D eigenvalue weighted by Crippen LogP contribution is 2.38. The van der Waals surface area contributed by atoms with E-state index in [-0.39, 0.29) is 5.54 Å². The summed E-state index contributed by atoms with van der Waals surface area (Å²) in [5, 5.41) is 3.71. The summed E-state index contributed by atoms with van der Waals surface area (Å²) >= 11 is 0. The first kappa shape index (κ1) is 12.0. The van der Waals surface area contributed by atoms with Crippen LogP contribution in [0.4, 0.5) is 5.69 Å². The summed E-state index contributed by atoms with van der Waals surface area (Å²) in [5.41, 5.74) is 4.55. The molecule has 1 unspecified atom stereocenters. The third-order valence-corrected chi connectivity index (χ3v) is 4.56. The minimum Gasteiger partial charge on any atom is -0.371 e. The summed E-state index contributed by atoms with van der Waals surface area (Å²) in [6.07, 6.45) is 5.25. The number of nitrogens with zero attached hydrogens (tertiary/aromatic N) is 1. The molecule has 0 amide bonds. The van der Waals surface area contributed by atoms with Gasteiger partial charge in [-0.1, -0.05) is 17.7 Å². The van der Waals surface area contributed by atoms with E-state index in [0.29, 0.717) is 0 Å². The quantitative estimate of drug-likeness (QED) is 0.859. The van der Waals surface area contributed by atoms with Crippen LogP contribution in [0.15, 0.2) is 18.2 Å². The van der Waals surface area contributed by atoms with E-state index in [2.05, 4.69) is 42.3 Å². The molecule has 2 fully saturated rings. The van der Waals surface area contributed by atoms with Gasteiger partial charge in [0.05, 0.1) is 0 Å². The molecule has 2 aliphatic heterocycles. The molecule has 2 nitrogen and oxygen atoms in total. The Balaban J connectivity index is 2.02. The summed E-state index contributed by atoms with van der Waals surface area (Å²) in [7, 11) is 0. The Kier molecular flexibility index (Phi) is 3.06. The van der Waals surface area contributed by atoms with E-state index in [1.54, 1.807) is 0 Å². The smallest absolute Gasteiger partial charge is 0.0427 e. The summed E-state index contributed by atoms with van der Waals surface area (Å²) in [6.45, 7) is 8.19. The lowest BCUT2D eigenvalue weighted by atomic mass is 9.87. The molecule has 0 bridgehead atoms. The second-order valence-electron chi connectivity index (χ2n) is 6.08. The average Bonchev–Trinajstić information content (AvgIpc) is 3.00. The van der Waals surface area contributed by atoms with Gasteiger partial charge in [0.2, 0.25) is 0 Å². The Hall–Kier alpha value is -1.02. The van der Waals surface area contributed by atoms with Crippen LogP contribution in [0.2, 0.25) is 0 Å². The topological polar surface area (TPSA) is 15.3 Å². The molecular formula is C16H24N2. The van der Waals surface area contributed by atoms with Crippen LogP contribution in [-0.4, -0.2) is 19.6 Å². The number of aryl methyl sites for hydroxylation is 1. The van der Waals surface area contributed by atoms with Gasteiger partial charge in [-0.05, 0) is 57.7 Å². The molecule has 3 rings (SSSR count). The molecule has 0 spiro atoms. The minimum absolute atomic E-state index is 0.184. The van der Waals surface area contributed by atoms with Crippen LogP contribution >= 0.6 is 0 Å². The Labute approximate surface area is 110 Å².